The molecule has 2 unspecified atom stereocenters. The van der Waals surface area contributed by atoms with Gasteiger partial charge in [-0.25, -0.2) is 0 Å². The molecule has 0 radical (unpaired) electrons. The van der Waals surface area contributed by atoms with Gasteiger partial charge in [-0.1, -0.05) is 45.2 Å². The summed E-state index contributed by atoms with van der Waals surface area (Å²) >= 11 is 15.9. The Balaban J connectivity index is 2.01. The van der Waals surface area contributed by atoms with Crippen LogP contribution >= 0.6 is 39.1 Å². The first-order valence-electron chi connectivity index (χ1n) is 6.22. The summed E-state index contributed by atoms with van der Waals surface area (Å²) in [4.78, 5) is 0. The predicted octanol–water partition coefficient (Wildman–Crippen LogP) is 5.28. The molecule has 0 spiro atoms. The van der Waals surface area contributed by atoms with Gasteiger partial charge >= 0.3 is 0 Å². The third kappa shape index (κ3) is 2.56. The number of rotatable bonds is 1. The number of ether oxygens (including phenoxy) is 1. The first-order valence-corrected chi connectivity index (χ1v) is 7.76. The normalized spacial score (nSPS) is 21.2. The fraction of sp³-hybridized carbons (Fsp3) is 0.200. The van der Waals surface area contributed by atoms with Crippen LogP contribution < -0.4 is 10.5 Å². The van der Waals surface area contributed by atoms with Crippen LogP contribution in [0.5, 0.6) is 5.75 Å². The average molecular weight is 373 g/mol. The Morgan fingerprint density at radius 3 is 2.55 bits per heavy atom. The molecule has 0 fully saturated rings. The summed E-state index contributed by atoms with van der Waals surface area (Å²) in [5, 5.41) is 1.21. The summed E-state index contributed by atoms with van der Waals surface area (Å²) < 4.78 is 7.03. The molecule has 2 aromatic rings. The Hall–Kier alpha value is -0.740. The molecular weight excluding hydrogens is 361 g/mol. The van der Waals surface area contributed by atoms with Gasteiger partial charge in [-0.3, -0.25) is 0 Å². The molecule has 2 atom stereocenters. The van der Waals surface area contributed by atoms with Crippen LogP contribution in [0.25, 0.3) is 0 Å². The third-order valence-corrected chi connectivity index (χ3v) is 4.58. The van der Waals surface area contributed by atoms with E-state index in [0.717, 1.165) is 21.3 Å². The maximum Gasteiger partial charge on any atom is 0.128 e. The molecule has 2 N–H and O–H groups in total. The van der Waals surface area contributed by atoms with E-state index in [1.807, 2.05) is 36.4 Å². The maximum atomic E-state index is 6.26. The molecule has 104 valence electrons. The molecule has 0 saturated heterocycles. The molecule has 2 nitrogen and oxygen atoms in total. The number of benzene rings is 2. The first kappa shape index (κ1) is 14.2. The Kier molecular flexibility index (Phi) is 3.95. The number of halogens is 3. The molecule has 0 bridgehead atoms. The van der Waals surface area contributed by atoms with E-state index >= 15 is 0 Å². The molecule has 0 aliphatic carbocycles. The summed E-state index contributed by atoms with van der Waals surface area (Å²) in [6.07, 6.45) is 0.423. The van der Waals surface area contributed by atoms with E-state index in [1.54, 1.807) is 0 Å². The molecule has 1 aliphatic rings. The molecule has 5 heteroatoms. The van der Waals surface area contributed by atoms with Crippen LogP contribution in [0.2, 0.25) is 10.0 Å². The summed E-state index contributed by atoms with van der Waals surface area (Å²) in [6.45, 7) is 0. The van der Waals surface area contributed by atoms with Gasteiger partial charge in [0.05, 0.1) is 0 Å². The molecule has 1 heterocycles. The molecule has 1 aliphatic heterocycles. The van der Waals surface area contributed by atoms with Crippen molar-refractivity contribution >= 4 is 39.1 Å². The van der Waals surface area contributed by atoms with Crippen molar-refractivity contribution in [3.8, 4) is 5.75 Å². The first-order chi connectivity index (χ1) is 9.56. The van der Waals surface area contributed by atoms with Crippen LogP contribution in [0.4, 0.5) is 0 Å². The van der Waals surface area contributed by atoms with Gasteiger partial charge in [0.25, 0.3) is 0 Å². The van der Waals surface area contributed by atoms with Crippen molar-refractivity contribution < 1.29 is 4.74 Å². The van der Waals surface area contributed by atoms with Gasteiger partial charge in [0.15, 0.2) is 0 Å². The van der Waals surface area contributed by atoms with E-state index in [0.29, 0.717) is 16.5 Å². The molecule has 20 heavy (non-hydrogen) atoms. The van der Waals surface area contributed by atoms with Gasteiger partial charge in [-0.2, -0.15) is 0 Å². The van der Waals surface area contributed by atoms with Crippen LogP contribution in [0.3, 0.4) is 0 Å². The largest absolute Gasteiger partial charge is 0.485 e. The van der Waals surface area contributed by atoms with Crippen LogP contribution in [0, 0.1) is 0 Å². The van der Waals surface area contributed by atoms with Gasteiger partial charge in [-0.05, 0) is 30.3 Å². The number of fused-ring (bicyclic) bond motifs is 1. The summed E-state index contributed by atoms with van der Waals surface area (Å²) in [5.74, 6) is 0.785. The zero-order chi connectivity index (χ0) is 14.3. The molecule has 0 aromatic heterocycles. The minimum absolute atomic E-state index is 0.103. The lowest BCUT2D eigenvalue weighted by atomic mass is 9.93. The Morgan fingerprint density at radius 2 is 1.85 bits per heavy atom. The smallest absolute Gasteiger partial charge is 0.128 e. The topological polar surface area (TPSA) is 35.2 Å². The van der Waals surface area contributed by atoms with E-state index in [4.69, 9.17) is 33.7 Å². The van der Waals surface area contributed by atoms with E-state index in [9.17, 15) is 0 Å². The highest BCUT2D eigenvalue weighted by Gasteiger charge is 2.29. The molecular formula is C15H12BrCl2NO. The molecule has 0 saturated carbocycles. The monoisotopic (exact) mass is 371 g/mol. The van der Waals surface area contributed by atoms with E-state index in [2.05, 4.69) is 15.9 Å². The van der Waals surface area contributed by atoms with Gasteiger partial charge in [0.2, 0.25) is 0 Å². The second kappa shape index (κ2) is 5.57. The maximum absolute atomic E-state index is 6.26. The molecule has 0 amide bonds. The molecule has 2 aromatic carbocycles. The lowest BCUT2D eigenvalue weighted by Crippen LogP contribution is -2.24. The summed E-state index contributed by atoms with van der Waals surface area (Å²) in [6, 6.07) is 11.2. The average Bonchev–Trinajstić information content (AvgIpc) is 2.39. The Bertz CT molecular complexity index is 642. The van der Waals surface area contributed by atoms with Crippen LogP contribution in [-0.4, -0.2) is 0 Å². The lowest BCUT2D eigenvalue weighted by molar-refractivity contribution is 0.161. The number of hydrogen-bond donors (Lipinski definition) is 1. The minimum Gasteiger partial charge on any atom is -0.485 e. The van der Waals surface area contributed by atoms with Crippen molar-refractivity contribution in [3.05, 3.63) is 62.0 Å². The van der Waals surface area contributed by atoms with Crippen LogP contribution in [0.1, 0.15) is 29.7 Å². The molecule has 3 rings (SSSR count). The highest BCUT2D eigenvalue weighted by molar-refractivity contribution is 9.10. The fourth-order valence-electron chi connectivity index (χ4n) is 2.47. The van der Waals surface area contributed by atoms with Crippen molar-refractivity contribution in [2.75, 3.05) is 0 Å². The highest BCUT2D eigenvalue weighted by Crippen LogP contribution is 2.44. The van der Waals surface area contributed by atoms with Gasteiger partial charge in [0.1, 0.15) is 11.9 Å². The zero-order valence-corrected chi connectivity index (χ0v) is 13.5. The van der Waals surface area contributed by atoms with E-state index < -0.39 is 0 Å². The minimum atomic E-state index is -0.222. The van der Waals surface area contributed by atoms with Crippen molar-refractivity contribution in [1.82, 2.24) is 0 Å². The zero-order valence-electron chi connectivity index (χ0n) is 10.4. The third-order valence-electron chi connectivity index (χ3n) is 3.43. The highest BCUT2D eigenvalue weighted by atomic mass is 79.9. The predicted molar refractivity (Wildman–Crippen MR) is 85.5 cm³/mol. The SMILES string of the molecule is NC1CC(c2c(Cl)cccc2Cl)Oc2ccc(Br)cc21. The summed E-state index contributed by atoms with van der Waals surface area (Å²) in [7, 11) is 0. The van der Waals surface area contributed by atoms with E-state index in [-0.39, 0.29) is 12.1 Å². The quantitative estimate of drug-likeness (QED) is 0.738. The van der Waals surface area contributed by atoms with Crippen molar-refractivity contribution in [3.63, 3.8) is 0 Å². The number of nitrogens with two attached hydrogens (primary N) is 1. The van der Waals surface area contributed by atoms with Gasteiger partial charge in [0, 0.05) is 38.1 Å². The summed E-state index contributed by atoms with van der Waals surface area (Å²) in [5.41, 5.74) is 8.06. The Labute approximate surface area is 136 Å². The second-order valence-corrected chi connectivity index (χ2v) is 6.50. The standard InChI is InChI=1S/C15H12BrCl2NO/c16-8-4-5-13-9(6-8)12(19)7-14(20-13)15-10(17)2-1-3-11(15)18/h1-6,12,14H,7,19H2. The van der Waals surface area contributed by atoms with Gasteiger partial charge in [-0.15, -0.1) is 0 Å². The lowest BCUT2D eigenvalue weighted by Gasteiger charge is -2.31. The van der Waals surface area contributed by atoms with E-state index in [1.165, 1.54) is 0 Å². The second-order valence-electron chi connectivity index (χ2n) is 4.77. The van der Waals surface area contributed by atoms with Crippen LogP contribution in [-0.2, 0) is 0 Å². The van der Waals surface area contributed by atoms with Gasteiger partial charge < -0.3 is 10.5 Å². The van der Waals surface area contributed by atoms with Crippen molar-refractivity contribution in [2.45, 2.75) is 18.6 Å². The number of hydrogen-bond acceptors (Lipinski definition) is 2. The van der Waals surface area contributed by atoms with Crippen molar-refractivity contribution in [1.29, 1.82) is 0 Å². The Morgan fingerprint density at radius 1 is 1.15 bits per heavy atom. The van der Waals surface area contributed by atoms with Crippen molar-refractivity contribution in [2.24, 2.45) is 5.73 Å². The fourth-order valence-corrected chi connectivity index (χ4v) is 3.49. The van der Waals surface area contributed by atoms with Crippen LogP contribution in [0.15, 0.2) is 40.9 Å².